The van der Waals surface area contributed by atoms with Gasteiger partial charge in [-0.25, -0.2) is 13.5 Å². The molecule has 2 amide bonds. The maximum atomic E-state index is 12.5. The van der Waals surface area contributed by atoms with Gasteiger partial charge in [0.25, 0.3) is 0 Å². The molecule has 4 rings (SSSR count). The lowest BCUT2D eigenvalue weighted by Gasteiger charge is -2.16. The van der Waals surface area contributed by atoms with Crippen LogP contribution >= 0.6 is 0 Å². The Morgan fingerprint density at radius 2 is 1.67 bits per heavy atom. The number of hydrogen-bond donors (Lipinski definition) is 2. The van der Waals surface area contributed by atoms with E-state index in [-0.39, 0.29) is 11.3 Å². The topological polar surface area (TPSA) is 97.3 Å². The Hall–Kier alpha value is -2.61. The second-order valence-electron chi connectivity index (χ2n) is 7.08. The second-order valence-corrected chi connectivity index (χ2v) is 8.66. The van der Waals surface area contributed by atoms with Crippen molar-refractivity contribution >= 4 is 27.7 Å². The highest BCUT2D eigenvalue weighted by atomic mass is 32.2. The molecule has 0 spiro atoms. The minimum atomic E-state index is -4.12. The number of aromatic nitrogens is 1. The maximum Gasteiger partial charge on any atom is 0.334 e. The Bertz CT molecular complexity index is 1020. The fourth-order valence-corrected chi connectivity index (χ4v) is 4.87. The fraction of sp³-hybridized carbons (Fsp3) is 0.368. The number of ketones is 1. The van der Waals surface area contributed by atoms with Gasteiger partial charge in [-0.05, 0) is 73.8 Å². The zero-order valence-electron chi connectivity index (χ0n) is 15.0. The van der Waals surface area contributed by atoms with Gasteiger partial charge < -0.3 is 5.32 Å². The van der Waals surface area contributed by atoms with Gasteiger partial charge in [0.15, 0.2) is 5.78 Å². The number of anilines is 1. The molecule has 0 unspecified atom stereocenters. The number of hydrogen-bond acceptors (Lipinski definition) is 4. The Labute approximate surface area is 157 Å². The molecule has 0 atom stereocenters. The third kappa shape index (κ3) is 3.25. The molecule has 8 heteroatoms. The van der Waals surface area contributed by atoms with Crippen LogP contribution in [0.3, 0.4) is 0 Å². The molecule has 1 aromatic carbocycles. The van der Waals surface area contributed by atoms with E-state index in [1.165, 1.54) is 36.5 Å². The van der Waals surface area contributed by atoms with E-state index < -0.39 is 16.2 Å². The van der Waals surface area contributed by atoms with Crippen LogP contribution in [0, 0.1) is 0 Å². The number of Topliss-reactive ketones (excluding diaryl/α,β-unsaturated/α-hetero) is 1. The van der Waals surface area contributed by atoms with Gasteiger partial charge in [0.05, 0.1) is 0 Å². The van der Waals surface area contributed by atoms with Crippen molar-refractivity contribution in [3.05, 3.63) is 52.3 Å². The zero-order chi connectivity index (χ0) is 19.2. The largest absolute Gasteiger partial charge is 0.334 e. The summed E-state index contributed by atoms with van der Waals surface area (Å²) in [5.41, 5.74) is 5.81. The average Bonchev–Trinajstić information content (AvgIpc) is 3.34. The van der Waals surface area contributed by atoms with Gasteiger partial charge >= 0.3 is 16.2 Å². The Morgan fingerprint density at radius 3 is 2.22 bits per heavy atom. The number of carbonyl (C=O) groups excluding carboxylic acids is 2. The first kappa shape index (κ1) is 17.8. The van der Waals surface area contributed by atoms with E-state index in [0.717, 1.165) is 59.3 Å². The summed E-state index contributed by atoms with van der Waals surface area (Å²) in [6.07, 6.45) is 8.30. The number of nitrogens with zero attached hydrogens (tertiary/aromatic N) is 1. The molecule has 0 saturated heterocycles. The molecule has 0 radical (unpaired) electrons. The lowest BCUT2D eigenvalue weighted by atomic mass is 9.99. The van der Waals surface area contributed by atoms with Gasteiger partial charge in [0.1, 0.15) is 0 Å². The highest BCUT2D eigenvalue weighted by molar-refractivity contribution is 7.88. The van der Waals surface area contributed by atoms with Crippen LogP contribution in [0.5, 0.6) is 0 Å². The van der Waals surface area contributed by atoms with E-state index in [9.17, 15) is 18.0 Å². The monoisotopic (exact) mass is 387 g/mol. The highest BCUT2D eigenvalue weighted by Crippen LogP contribution is 2.38. The first-order chi connectivity index (χ1) is 12.8. The van der Waals surface area contributed by atoms with E-state index in [0.29, 0.717) is 0 Å². The molecule has 27 heavy (non-hydrogen) atoms. The summed E-state index contributed by atoms with van der Waals surface area (Å²) in [5.74, 6) is -0.246. The van der Waals surface area contributed by atoms with Crippen molar-refractivity contribution in [3.63, 3.8) is 0 Å². The van der Waals surface area contributed by atoms with Gasteiger partial charge in [-0.1, -0.05) is 6.07 Å². The summed E-state index contributed by atoms with van der Waals surface area (Å²) in [6.45, 7) is 1.35. The molecular formula is C19H21N3O4S. The summed E-state index contributed by atoms with van der Waals surface area (Å²) in [5, 5.41) is 2.79. The molecule has 142 valence electrons. The van der Waals surface area contributed by atoms with Crippen molar-refractivity contribution in [2.75, 3.05) is 5.32 Å². The number of nitrogens with one attached hydrogen (secondary N) is 2. The highest BCUT2D eigenvalue weighted by Gasteiger charge is 2.26. The van der Waals surface area contributed by atoms with Gasteiger partial charge in [0, 0.05) is 23.6 Å². The van der Waals surface area contributed by atoms with Crippen LogP contribution in [-0.2, 0) is 35.9 Å². The lowest BCUT2D eigenvalue weighted by Crippen LogP contribution is -2.38. The number of benzene rings is 1. The number of rotatable bonds is 4. The first-order valence-electron chi connectivity index (χ1n) is 9.05. The third-order valence-electron chi connectivity index (χ3n) is 5.28. The van der Waals surface area contributed by atoms with Crippen LogP contribution in [0.15, 0.2) is 24.5 Å². The first-order valence-corrected chi connectivity index (χ1v) is 10.5. The molecule has 0 bridgehead atoms. The normalized spacial score (nSPS) is 15.3. The Kier molecular flexibility index (Phi) is 4.30. The van der Waals surface area contributed by atoms with Crippen molar-refractivity contribution in [1.82, 2.24) is 8.69 Å². The maximum absolute atomic E-state index is 12.5. The summed E-state index contributed by atoms with van der Waals surface area (Å²) in [6, 6.07) is 2.85. The summed E-state index contributed by atoms with van der Waals surface area (Å²) in [4.78, 5) is 23.8. The molecule has 2 N–H and O–H groups in total. The zero-order valence-corrected chi connectivity index (χ0v) is 15.9. The van der Waals surface area contributed by atoms with Crippen LogP contribution in [-0.4, -0.2) is 24.2 Å². The molecule has 0 fully saturated rings. The minimum Gasteiger partial charge on any atom is -0.307 e. The van der Waals surface area contributed by atoms with E-state index >= 15 is 0 Å². The Balaban J connectivity index is 1.57. The van der Waals surface area contributed by atoms with Crippen molar-refractivity contribution in [1.29, 1.82) is 0 Å². The van der Waals surface area contributed by atoms with Crippen LogP contribution in [0.1, 0.15) is 52.4 Å². The van der Waals surface area contributed by atoms with Crippen LogP contribution in [0.25, 0.3) is 0 Å². The molecule has 7 nitrogen and oxygen atoms in total. The predicted molar refractivity (Wildman–Crippen MR) is 101 cm³/mol. The molecule has 2 aliphatic carbocycles. The predicted octanol–water partition coefficient (Wildman–Crippen LogP) is 2.58. The number of aryl methyl sites for hydroxylation is 2. The standard InChI is InChI=1S/C19H21N3O4S/c1-12(23)15-8-9-22(11-15)27(25,26)21-19(24)20-18-16-6-2-4-13(16)10-14-5-3-7-17(14)18/h8-11H,2-7H2,1H3,(H2,20,21,24). The van der Waals surface area contributed by atoms with Gasteiger partial charge in [-0.2, -0.15) is 8.42 Å². The van der Waals surface area contributed by atoms with Gasteiger partial charge in [-0.15, -0.1) is 0 Å². The molecule has 0 saturated carbocycles. The number of fused-ring (bicyclic) bond motifs is 2. The van der Waals surface area contributed by atoms with Crippen molar-refractivity contribution in [3.8, 4) is 0 Å². The molecular weight excluding hydrogens is 366 g/mol. The average molecular weight is 387 g/mol. The smallest absolute Gasteiger partial charge is 0.307 e. The minimum absolute atomic E-state index is 0.246. The summed E-state index contributed by atoms with van der Waals surface area (Å²) in [7, 11) is -4.12. The van der Waals surface area contributed by atoms with Crippen LogP contribution < -0.4 is 10.0 Å². The van der Waals surface area contributed by atoms with Crippen molar-refractivity contribution in [2.45, 2.75) is 45.4 Å². The molecule has 1 aromatic heterocycles. The van der Waals surface area contributed by atoms with E-state index in [4.69, 9.17) is 0 Å². The molecule has 0 aliphatic heterocycles. The number of carbonyl (C=O) groups is 2. The summed E-state index contributed by atoms with van der Waals surface area (Å²) >= 11 is 0. The van der Waals surface area contributed by atoms with E-state index in [2.05, 4.69) is 11.4 Å². The van der Waals surface area contributed by atoms with E-state index in [1.807, 2.05) is 4.72 Å². The van der Waals surface area contributed by atoms with Crippen LogP contribution in [0.4, 0.5) is 10.5 Å². The quantitative estimate of drug-likeness (QED) is 0.788. The van der Waals surface area contributed by atoms with Gasteiger partial charge in [-0.3, -0.25) is 4.79 Å². The van der Waals surface area contributed by atoms with E-state index in [1.54, 1.807) is 0 Å². The molecule has 1 heterocycles. The number of amides is 2. The number of urea groups is 1. The Morgan fingerprint density at radius 1 is 1.04 bits per heavy atom. The fourth-order valence-electron chi connectivity index (χ4n) is 4.01. The molecule has 2 aromatic rings. The summed E-state index contributed by atoms with van der Waals surface area (Å²) < 4.78 is 27.7. The van der Waals surface area contributed by atoms with Crippen molar-refractivity contribution in [2.24, 2.45) is 0 Å². The lowest BCUT2D eigenvalue weighted by molar-refractivity contribution is 0.101. The van der Waals surface area contributed by atoms with Crippen molar-refractivity contribution < 1.29 is 18.0 Å². The second kappa shape index (κ2) is 6.53. The van der Waals surface area contributed by atoms with Crippen LogP contribution in [0.2, 0.25) is 0 Å². The SMILES string of the molecule is CC(=O)c1ccn(S(=O)(=O)NC(=O)Nc2c3c(cc4c2CCC4)CCC3)c1. The van der Waals surface area contributed by atoms with Gasteiger partial charge in [0.2, 0.25) is 0 Å². The molecule has 2 aliphatic rings. The third-order valence-corrected chi connectivity index (χ3v) is 6.51.